The molecule has 0 radical (unpaired) electrons. The molecule has 0 saturated carbocycles. The fraction of sp³-hybridized carbons (Fsp3) is 0.214. The number of carbonyl (C=O) groups is 1. The predicted molar refractivity (Wildman–Crippen MR) is 75.5 cm³/mol. The number of carbonyl (C=O) groups excluding carboxylic acids is 1. The maximum atomic E-state index is 12.3. The highest BCUT2D eigenvalue weighted by Gasteiger charge is 2.25. The molecule has 2 aromatic rings. The van der Waals surface area contributed by atoms with Crippen molar-refractivity contribution in [2.45, 2.75) is 18.4 Å². The summed E-state index contributed by atoms with van der Waals surface area (Å²) in [6.07, 6.45) is 1.35. The molecule has 0 aliphatic carbocycles. The van der Waals surface area contributed by atoms with E-state index in [1.54, 1.807) is 12.1 Å². The van der Waals surface area contributed by atoms with Gasteiger partial charge in [-0.3, -0.25) is 9.10 Å². The number of hydrogen-bond acceptors (Lipinski definition) is 4. The largest absolute Gasteiger partial charge is 0.440 e. The molecular weight excluding hydrogens is 278 g/mol. The normalized spacial score (nSPS) is 11.3. The highest BCUT2D eigenvalue weighted by Crippen LogP contribution is 2.23. The minimum atomic E-state index is -3.79. The van der Waals surface area contributed by atoms with Gasteiger partial charge < -0.3 is 4.42 Å². The van der Waals surface area contributed by atoms with Crippen molar-refractivity contribution in [3.05, 3.63) is 47.7 Å². The fourth-order valence-electron chi connectivity index (χ4n) is 1.75. The number of hydrogen-bond donors (Lipinski definition) is 0. The Morgan fingerprint density at radius 2 is 1.80 bits per heavy atom. The van der Waals surface area contributed by atoms with Gasteiger partial charge in [0.05, 0.1) is 5.69 Å². The number of rotatable bonds is 5. The number of aryl methyl sites for hydroxylation is 1. The molecule has 1 aromatic heterocycles. The molecule has 0 atom stereocenters. The van der Waals surface area contributed by atoms with Crippen LogP contribution in [0, 0.1) is 0 Å². The molecule has 0 unspecified atom stereocenters. The summed E-state index contributed by atoms with van der Waals surface area (Å²) in [5, 5.41) is -0.248. The summed E-state index contributed by atoms with van der Waals surface area (Å²) >= 11 is 0. The van der Waals surface area contributed by atoms with E-state index in [2.05, 4.69) is 0 Å². The smallest absolute Gasteiger partial charge is 0.297 e. The van der Waals surface area contributed by atoms with Crippen LogP contribution in [0.2, 0.25) is 0 Å². The van der Waals surface area contributed by atoms with Gasteiger partial charge in [-0.05, 0) is 36.2 Å². The fourth-order valence-corrected chi connectivity index (χ4v) is 2.86. The highest BCUT2D eigenvalue weighted by atomic mass is 32.2. The zero-order valence-electron chi connectivity index (χ0n) is 11.2. The second-order valence-corrected chi connectivity index (χ2v) is 6.17. The van der Waals surface area contributed by atoms with Crippen LogP contribution in [-0.2, 0) is 16.4 Å². The summed E-state index contributed by atoms with van der Waals surface area (Å²) in [6.45, 7) is 2.03. The zero-order valence-corrected chi connectivity index (χ0v) is 12.1. The Morgan fingerprint density at radius 3 is 2.30 bits per heavy atom. The van der Waals surface area contributed by atoms with Crippen LogP contribution in [0.5, 0.6) is 0 Å². The molecule has 5 nitrogen and oxygen atoms in total. The van der Waals surface area contributed by atoms with Crippen LogP contribution in [0.3, 0.4) is 0 Å². The third-order valence-corrected chi connectivity index (χ3v) is 4.70. The first-order valence-corrected chi connectivity index (χ1v) is 7.56. The van der Waals surface area contributed by atoms with E-state index < -0.39 is 10.0 Å². The van der Waals surface area contributed by atoms with Gasteiger partial charge in [0.2, 0.25) is 5.09 Å². The maximum absolute atomic E-state index is 12.3. The Bertz CT molecular complexity index is 701. The molecule has 0 spiro atoms. The van der Waals surface area contributed by atoms with Gasteiger partial charge >= 0.3 is 0 Å². The van der Waals surface area contributed by atoms with Crippen LogP contribution in [0.15, 0.2) is 45.9 Å². The number of anilines is 1. The molecule has 1 aromatic carbocycles. The van der Waals surface area contributed by atoms with Crippen LogP contribution in [0.4, 0.5) is 5.69 Å². The molecule has 0 aliphatic heterocycles. The molecular formula is C14H15NO4S. The van der Waals surface area contributed by atoms with Crippen molar-refractivity contribution >= 4 is 22.0 Å². The molecule has 20 heavy (non-hydrogen) atoms. The Balaban J connectivity index is 2.34. The number of benzene rings is 1. The molecule has 1 heterocycles. The van der Waals surface area contributed by atoms with Crippen molar-refractivity contribution in [3.8, 4) is 0 Å². The first-order valence-electron chi connectivity index (χ1n) is 6.12. The van der Waals surface area contributed by atoms with Crippen molar-refractivity contribution in [1.82, 2.24) is 0 Å². The molecule has 6 heteroatoms. The molecule has 0 bridgehead atoms. The summed E-state index contributed by atoms with van der Waals surface area (Å²) < 4.78 is 30.8. The summed E-state index contributed by atoms with van der Waals surface area (Å²) in [6, 6.07) is 9.82. The average molecular weight is 293 g/mol. The summed E-state index contributed by atoms with van der Waals surface area (Å²) in [4.78, 5) is 10.6. The van der Waals surface area contributed by atoms with Gasteiger partial charge in [0.1, 0.15) is 0 Å². The Morgan fingerprint density at radius 1 is 1.15 bits per heavy atom. The highest BCUT2D eigenvalue weighted by molar-refractivity contribution is 7.92. The summed E-state index contributed by atoms with van der Waals surface area (Å²) in [7, 11) is -2.35. The number of furan rings is 1. The lowest BCUT2D eigenvalue weighted by atomic mass is 10.1. The number of aldehydes is 1. The topological polar surface area (TPSA) is 67.6 Å². The quantitative estimate of drug-likeness (QED) is 0.794. The van der Waals surface area contributed by atoms with Gasteiger partial charge in [0, 0.05) is 7.05 Å². The SMILES string of the molecule is CCc1ccc(N(C)S(=O)(=O)c2ccc(C=O)o2)cc1. The predicted octanol–water partition coefficient (Wildman–Crippen LogP) is 2.48. The van der Waals surface area contributed by atoms with E-state index in [4.69, 9.17) is 4.42 Å². The molecule has 2 rings (SSSR count). The monoisotopic (exact) mass is 293 g/mol. The van der Waals surface area contributed by atoms with E-state index in [1.807, 2.05) is 19.1 Å². The minimum absolute atomic E-state index is 0.0155. The molecule has 0 aliphatic rings. The first-order chi connectivity index (χ1) is 9.48. The zero-order chi connectivity index (χ0) is 14.8. The summed E-state index contributed by atoms with van der Waals surface area (Å²) in [5.41, 5.74) is 1.66. The second kappa shape index (κ2) is 5.50. The third-order valence-electron chi connectivity index (χ3n) is 3.04. The average Bonchev–Trinajstić information content (AvgIpc) is 2.96. The van der Waals surface area contributed by atoms with Crippen molar-refractivity contribution in [2.24, 2.45) is 0 Å². The summed E-state index contributed by atoms with van der Waals surface area (Å²) in [5.74, 6) is -0.0155. The maximum Gasteiger partial charge on any atom is 0.297 e. The lowest BCUT2D eigenvalue weighted by Gasteiger charge is -2.18. The molecule has 0 fully saturated rings. The first kappa shape index (κ1) is 14.3. The van der Waals surface area contributed by atoms with Crippen LogP contribution in [-0.4, -0.2) is 21.8 Å². The van der Waals surface area contributed by atoms with Crippen molar-refractivity contribution in [3.63, 3.8) is 0 Å². The molecule has 0 saturated heterocycles. The van der Waals surface area contributed by atoms with Crippen molar-refractivity contribution < 1.29 is 17.6 Å². The van der Waals surface area contributed by atoms with Crippen molar-refractivity contribution in [1.29, 1.82) is 0 Å². The van der Waals surface area contributed by atoms with Crippen LogP contribution >= 0.6 is 0 Å². The van der Waals surface area contributed by atoms with E-state index in [9.17, 15) is 13.2 Å². The van der Waals surface area contributed by atoms with Crippen molar-refractivity contribution in [2.75, 3.05) is 11.4 Å². The van der Waals surface area contributed by atoms with E-state index in [0.29, 0.717) is 12.0 Å². The Hall–Kier alpha value is -2.08. The number of nitrogens with zero attached hydrogens (tertiary/aromatic N) is 1. The standard InChI is InChI=1S/C14H15NO4S/c1-3-11-4-6-12(7-5-11)15(2)20(17,18)14-9-8-13(10-16)19-14/h4-10H,3H2,1-2H3. The van der Waals surface area contributed by atoms with Crippen LogP contribution in [0.25, 0.3) is 0 Å². The van der Waals surface area contributed by atoms with E-state index in [-0.39, 0.29) is 10.9 Å². The third kappa shape index (κ3) is 2.60. The Kier molecular flexibility index (Phi) is 3.94. The number of sulfonamides is 1. The van der Waals surface area contributed by atoms with E-state index in [0.717, 1.165) is 16.3 Å². The van der Waals surface area contributed by atoms with Gasteiger partial charge in [0.15, 0.2) is 12.0 Å². The van der Waals surface area contributed by atoms with E-state index in [1.165, 1.54) is 19.2 Å². The lowest BCUT2D eigenvalue weighted by molar-refractivity contribution is 0.109. The van der Waals surface area contributed by atoms with Crippen LogP contribution < -0.4 is 4.31 Å². The van der Waals surface area contributed by atoms with E-state index >= 15 is 0 Å². The molecule has 0 amide bonds. The Labute approximate surface area is 117 Å². The lowest BCUT2D eigenvalue weighted by Crippen LogP contribution is -2.26. The van der Waals surface area contributed by atoms with Gasteiger partial charge in [-0.25, -0.2) is 0 Å². The molecule has 106 valence electrons. The second-order valence-electron chi connectivity index (χ2n) is 4.27. The van der Waals surface area contributed by atoms with Gasteiger partial charge in [-0.2, -0.15) is 8.42 Å². The minimum Gasteiger partial charge on any atom is -0.440 e. The molecule has 0 N–H and O–H groups in total. The van der Waals surface area contributed by atoms with Gasteiger partial charge in [-0.15, -0.1) is 0 Å². The van der Waals surface area contributed by atoms with Crippen LogP contribution in [0.1, 0.15) is 23.0 Å². The van der Waals surface area contributed by atoms with Gasteiger partial charge in [-0.1, -0.05) is 19.1 Å². The van der Waals surface area contributed by atoms with Gasteiger partial charge in [0.25, 0.3) is 10.0 Å².